The Bertz CT molecular complexity index is 1430. The van der Waals surface area contributed by atoms with E-state index < -0.39 is 5.97 Å². The summed E-state index contributed by atoms with van der Waals surface area (Å²) in [4.78, 5) is 12.0. The van der Waals surface area contributed by atoms with E-state index in [9.17, 15) is 9.90 Å². The standard InChI is InChI=1S/C31H33Cl3N2O4S/c1-3-18(2)27-20(26(36-40-27)25-21(32)5-4-6-22(25)33)16-39-17-30-9-12-31(13-10-30,14-11-30)29(41)35-24-8-7-19(28(37)38)15-23(24)34/h4-8,15,18H,3,9-14,16-17H2,1-2H3,(H,35,41)(H,37,38). The molecule has 6 nitrogen and oxygen atoms in total. The number of ether oxygens (including phenoxy) is 1. The molecule has 1 aromatic heterocycles. The zero-order valence-corrected chi connectivity index (χ0v) is 26.2. The van der Waals surface area contributed by atoms with Crippen LogP contribution in [-0.2, 0) is 11.3 Å². The van der Waals surface area contributed by atoms with Crippen LogP contribution in [0.5, 0.6) is 0 Å². The van der Waals surface area contributed by atoms with Gasteiger partial charge >= 0.3 is 5.97 Å². The highest BCUT2D eigenvalue weighted by Crippen LogP contribution is 2.58. The molecule has 1 atom stereocenters. The Morgan fingerprint density at radius 1 is 1.10 bits per heavy atom. The number of anilines is 1. The van der Waals surface area contributed by atoms with Gasteiger partial charge in [-0.1, -0.05) is 72.1 Å². The molecule has 2 aromatic carbocycles. The van der Waals surface area contributed by atoms with Crippen molar-refractivity contribution in [2.75, 3.05) is 11.9 Å². The fourth-order valence-electron chi connectivity index (χ4n) is 6.15. The molecule has 2 bridgehead atoms. The van der Waals surface area contributed by atoms with E-state index in [-0.39, 0.29) is 22.3 Å². The molecule has 0 saturated heterocycles. The third kappa shape index (κ3) is 6.02. The van der Waals surface area contributed by atoms with E-state index in [1.807, 2.05) is 6.07 Å². The van der Waals surface area contributed by atoms with Gasteiger partial charge in [0.2, 0.25) is 0 Å². The number of hydrogen-bond donors (Lipinski definition) is 2. The summed E-state index contributed by atoms with van der Waals surface area (Å²) in [7, 11) is 0. The van der Waals surface area contributed by atoms with E-state index in [2.05, 4.69) is 24.3 Å². The van der Waals surface area contributed by atoms with Crippen LogP contribution in [0.3, 0.4) is 0 Å². The van der Waals surface area contributed by atoms with Crippen LogP contribution in [0.15, 0.2) is 40.9 Å². The number of aromatic carboxylic acids is 1. The predicted octanol–water partition coefficient (Wildman–Crippen LogP) is 9.81. The maximum absolute atomic E-state index is 11.2. The molecule has 3 aliphatic carbocycles. The van der Waals surface area contributed by atoms with Crippen LogP contribution < -0.4 is 5.32 Å². The summed E-state index contributed by atoms with van der Waals surface area (Å²) in [6.07, 6.45) is 6.88. The number of carboxylic acids is 1. The second-order valence-corrected chi connectivity index (χ2v) is 13.1. The van der Waals surface area contributed by atoms with Gasteiger partial charge in [0, 0.05) is 22.5 Å². The minimum atomic E-state index is -1.01. The quantitative estimate of drug-likeness (QED) is 0.215. The van der Waals surface area contributed by atoms with Crippen molar-refractivity contribution in [3.05, 3.63) is 68.4 Å². The highest BCUT2D eigenvalue weighted by Gasteiger charge is 2.50. The molecule has 2 N–H and O–H groups in total. The molecule has 6 rings (SSSR count). The van der Waals surface area contributed by atoms with Gasteiger partial charge in [-0.25, -0.2) is 4.79 Å². The summed E-state index contributed by atoms with van der Waals surface area (Å²) < 4.78 is 12.3. The first-order valence-electron chi connectivity index (χ1n) is 13.9. The number of aromatic nitrogens is 1. The van der Waals surface area contributed by atoms with E-state index in [0.29, 0.717) is 45.2 Å². The first kappa shape index (κ1) is 30.3. The molecule has 3 aromatic rings. The Labute approximate surface area is 260 Å². The van der Waals surface area contributed by atoms with Crippen LogP contribution in [0, 0.1) is 10.8 Å². The van der Waals surface area contributed by atoms with Crippen molar-refractivity contribution in [2.45, 2.75) is 71.3 Å². The molecule has 1 heterocycles. The lowest BCUT2D eigenvalue weighted by molar-refractivity contribution is -0.0463. The molecule has 3 aliphatic rings. The molecule has 0 amide bonds. The second kappa shape index (κ2) is 12.2. The van der Waals surface area contributed by atoms with Crippen molar-refractivity contribution < 1.29 is 19.2 Å². The van der Waals surface area contributed by atoms with Crippen LogP contribution in [0.4, 0.5) is 5.69 Å². The first-order valence-corrected chi connectivity index (χ1v) is 15.5. The Morgan fingerprint density at radius 3 is 2.34 bits per heavy atom. The summed E-state index contributed by atoms with van der Waals surface area (Å²) in [5.41, 5.74) is 3.03. The lowest BCUT2D eigenvalue weighted by Gasteiger charge is -2.53. The Morgan fingerprint density at radius 2 is 1.76 bits per heavy atom. The van der Waals surface area contributed by atoms with E-state index >= 15 is 0 Å². The molecule has 41 heavy (non-hydrogen) atoms. The van der Waals surface area contributed by atoms with E-state index in [1.165, 1.54) is 12.1 Å². The zero-order valence-electron chi connectivity index (χ0n) is 23.1. The SMILES string of the molecule is CCC(C)c1onc(-c2c(Cl)cccc2Cl)c1COCC12CCC(C(=S)Nc3ccc(C(=O)O)cc3Cl)(CC1)CC2. The van der Waals surface area contributed by atoms with Crippen LogP contribution >= 0.6 is 47.0 Å². The third-order valence-electron chi connectivity index (χ3n) is 9.08. The smallest absolute Gasteiger partial charge is 0.335 e. The van der Waals surface area contributed by atoms with Gasteiger partial charge in [-0.05, 0) is 80.7 Å². The van der Waals surface area contributed by atoms with Gasteiger partial charge in [-0.15, -0.1) is 0 Å². The fourth-order valence-corrected chi connectivity index (χ4v) is 7.37. The molecule has 10 heteroatoms. The molecule has 0 aliphatic heterocycles. The minimum absolute atomic E-state index is 0.0853. The monoisotopic (exact) mass is 634 g/mol. The molecular formula is C31H33Cl3N2O4S. The normalized spacial score (nSPS) is 22.5. The Hall–Kier alpha value is -2.16. The van der Waals surface area contributed by atoms with E-state index in [1.54, 1.807) is 18.2 Å². The van der Waals surface area contributed by atoms with Crippen LogP contribution in [0.25, 0.3) is 11.3 Å². The van der Waals surface area contributed by atoms with Crippen LogP contribution in [0.2, 0.25) is 15.1 Å². The molecule has 218 valence electrons. The van der Waals surface area contributed by atoms with Crippen LogP contribution in [-0.4, -0.2) is 27.8 Å². The maximum atomic E-state index is 11.2. The Kier molecular flexibility index (Phi) is 9.03. The first-order chi connectivity index (χ1) is 19.6. The van der Waals surface area contributed by atoms with Gasteiger partial charge in [0.1, 0.15) is 11.5 Å². The maximum Gasteiger partial charge on any atom is 0.335 e. The van der Waals surface area contributed by atoms with Crippen molar-refractivity contribution in [3.63, 3.8) is 0 Å². The lowest BCUT2D eigenvalue weighted by atomic mass is 9.54. The second-order valence-electron chi connectivity index (χ2n) is 11.5. The molecule has 3 saturated carbocycles. The number of nitrogens with zero attached hydrogens (tertiary/aromatic N) is 1. The molecule has 0 spiro atoms. The van der Waals surface area contributed by atoms with Gasteiger partial charge in [-0.2, -0.15) is 0 Å². The number of nitrogens with one attached hydrogen (secondary N) is 1. The number of rotatable bonds is 10. The summed E-state index contributed by atoms with van der Waals surface area (Å²) in [6, 6.07) is 10.1. The number of fused-ring (bicyclic) bond motifs is 3. The van der Waals surface area contributed by atoms with Crippen molar-refractivity contribution in [3.8, 4) is 11.3 Å². The van der Waals surface area contributed by atoms with E-state index in [4.69, 9.17) is 56.3 Å². The molecular weight excluding hydrogens is 603 g/mol. The summed E-state index contributed by atoms with van der Waals surface area (Å²) in [5.74, 6) is -0.0166. The van der Waals surface area contributed by atoms with Crippen LogP contribution in [0.1, 0.15) is 86.4 Å². The average molecular weight is 636 g/mol. The molecule has 3 fully saturated rings. The lowest BCUT2D eigenvalue weighted by Crippen LogP contribution is -2.49. The van der Waals surface area contributed by atoms with Gasteiger partial charge in [0.15, 0.2) is 0 Å². The van der Waals surface area contributed by atoms with Gasteiger partial charge in [-0.3, -0.25) is 0 Å². The van der Waals surface area contributed by atoms with Crippen molar-refractivity contribution >= 4 is 63.7 Å². The number of carboxylic acid groups (broad SMARTS) is 1. The number of hydrogen-bond acceptors (Lipinski definition) is 5. The highest BCUT2D eigenvalue weighted by atomic mass is 35.5. The number of carbonyl (C=O) groups is 1. The van der Waals surface area contributed by atoms with Gasteiger partial charge in [0.25, 0.3) is 0 Å². The predicted molar refractivity (Wildman–Crippen MR) is 168 cm³/mol. The number of benzene rings is 2. The van der Waals surface area contributed by atoms with Gasteiger partial charge < -0.3 is 19.7 Å². The van der Waals surface area contributed by atoms with Crippen molar-refractivity contribution in [2.24, 2.45) is 10.8 Å². The average Bonchev–Trinajstić information content (AvgIpc) is 3.37. The van der Waals surface area contributed by atoms with Crippen molar-refractivity contribution in [1.29, 1.82) is 0 Å². The minimum Gasteiger partial charge on any atom is -0.478 e. The largest absolute Gasteiger partial charge is 0.478 e. The number of thiocarbonyl (C=S) groups is 1. The summed E-state index contributed by atoms with van der Waals surface area (Å²) >= 11 is 25.3. The Balaban J connectivity index is 1.25. The highest BCUT2D eigenvalue weighted by molar-refractivity contribution is 7.80. The summed E-state index contributed by atoms with van der Waals surface area (Å²) in [6.45, 7) is 5.26. The van der Waals surface area contributed by atoms with Gasteiger partial charge in [0.05, 0.1) is 44.5 Å². The topological polar surface area (TPSA) is 84.6 Å². The molecule has 0 radical (unpaired) electrons. The third-order valence-corrected chi connectivity index (χ3v) is 10.6. The zero-order chi connectivity index (χ0) is 29.4. The fraction of sp³-hybridized carbons (Fsp3) is 0.452. The van der Waals surface area contributed by atoms with E-state index in [0.717, 1.165) is 61.3 Å². The molecule has 1 unspecified atom stereocenters. The summed E-state index contributed by atoms with van der Waals surface area (Å²) in [5, 5.41) is 18.3. The number of halogens is 3. The van der Waals surface area contributed by atoms with Crippen molar-refractivity contribution in [1.82, 2.24) is 5.16 Å².